The number of benzene rings is 3. The molecule has 0 saturated carbocycles. The van der Waals surface area contributed by atoms with Crippen LogP contribution in [0.4, 0.5) is 4.39 Å². The summed E-state index contributed by atoms with van der Waals surface area (Å²) in [5.41, 5.74) is 2.74. The van der Waals surface area contributed by atoms with E-state index in [1.165, 1.54) is 16.8 Å². The minimum atomic E-state index is -0.363. The number of hydrogen-bond acceptors (Lipinski definition) is 3. The molecule has 0 bridgehead atoms. The predicted molar refractivity (Wildman–Crippen MR) is 115 cm³/mol. The summed E-state index contributed by atoms with van der Waals surface area (Å²) >= 11 is 0. The smallest absolute Gasteiger partial charge is 0.279 e. The van der Waals surface area contributed by atoms with Crippen LogP contribution in [0.3, 0.4) is 0 Å². The highest BCUT2D eigenvalue weighted by atomic mass is 19.1. The van der Waals surface area contributed by atoms with E-state index in [4.69, 9.17) is 0 Å². The number of halogens is 1. The van der Waals surface area contributed by atoms with Crippen LogP contribution in [0.25, 0.3) is 27.7 Å². The van der Waals surface area contributed by atoms with Crippen molar-refractivity contribution in [1.82, 2.24) is 9.78 Å². The summed E-state index contributed by atoms with van der Waals surface area (Å²) in [5, 5.41) is 6.00. The number of nitrogens with zero attached hydrogens (tertiary/aromatic N) is 3. The Kier molecular flexibility index (Phi) is 5.04. The minimum absolute atomic E-state index is 0.168. The van der Waals surface area contributed by atoms with Gasteiger partial charge in [-0.1, -0.05) is 42.5 Å². The van der Waals surface area contributed by atoms with E-state index in [1.807, 2.05) is 62.5 Å². The van der Waals surface area contributed by atoms with E-state index >= 15 is 0 Å². The summed E-state index contributed by atoms with van der Waals surface area (Å²) in [6.07, 6.45) is 1.84. The van der Waals surface area contributed by atoms with Gasteiger partial charge in [-0.05, 0) is 44.2 Å². The third-order valence-electron chi connectivity index (χ3n) is 4.60. The van der Waals surface area contributed by atoms with Gasteiger partial charge in [0.1, 0.15) is 11.5 Å². The van der Waals surface area contributed by atoms with Crippen LogP contribution in [0, 0.1) is 5.82 Å². The topological polar surface area (TPSA) is 47.2 Å². The molecular formula is C24H20FN3O. The summed E-state index contributed by atoms with van der Waals surface area (Å²) in [4.78, 5) is 17.6. The van der Waals surface area contributed by atoms with Crippen LogP contribution in [0.5, 0.6) is 0 Å². The molecule has 144 valence electrons. The molecule has 3 aromatic carbocycles. The second-order valence-electron chi connectivity index (χ2n) is 7.05. The van der Waals surface area contributed by atoms with Gasteiger partial charge in [-0.15, -0.1) is 0 Å². The number of rotatable bonds is 4. The van der Waals surface area contributed by atoms with Crippen molar-refractivity contribution in [2.75, 3.05) is 0 Å². The first-order valence-electron chi connectivity index (χ1n) is 9.45. The molecule has 0 atom stereocenters. The molecule has 0 aliphatic heterocycles. The van der Waals surface area contributed by atoms with Crippen LogP contribution in [-0.4, -0.2) is 22.0 Å². The zero-order valence-electron chi connectivity index (χ0n) is 16.2. The van der Waals surface area contributed by atoms with Crippen LogP contribution in [0.15, 0.2) is 82.6 Å². The van der Waals surface area contributed by atoms with Crippen molar-refractivity contribution in [3.63, 3.8) is 0 Å². The first-order chi connectivity index (χ1) is 14.0. The average Bonchev–Trinajstić information content (AvgIpc) is 2.74. The minimum Gasteiger partial charge on any atom is -0.290 e. The lowest BCUT2D eigenvalue weighted by atomic mass is 10.0. The van der Waals surface area contributed by atoms with Crippen molar-refractivity contribution >= 4 is 17.0 Å². The molecule has 0 spiro atoms. The molecule has 0 unspecified atom stereocenters. The van der Waals surface area contributed by atoms with Crippen molar-refractivity contribution in [2.24, 2.45) is 4.99 Å². The van der Waals surface area contributed by atoms with Gasteiger partial charge in [0.25, 0.3) is 5.56 Å². The van der Waals surface area contributed by atoms with Gasteiger partial charge in [0.2, 0.25) is 0 Å². The standard InChI is InChI=1S/C24H20FN3O/c1-16(2)26-15-17-7-3-4-8-20(17)23-21-9-5-6-10-22(21)24(29)28(27-23)19-13-11-18(25)12-14-19/h3-16H,1-2H3/b26-15-. The summed E-state index contributed by atoms with van der Waals surface area (Å²) in [7, 11) is 0. The van der Waals surface area contributed by atoms with Crippen molar-refractivity contribution in [1.29, 1.82) is 0 Å². The normalized spacial score (nSPS) is 11.6. The van der Waals surface area contributed by atoms with Crippen LogP contribution < -0.4 is 5.56 Å². The molecule has 4 aromatic rings. The Hall–Kier alpha value is -3.60. The molecule has 1 heterocycles. The molecule has 4 nitrogen and oxygen atoms in total. The lowest BCUT2D eigenvalue weighted by Gasteiger charge is -2.13. The largest absolute Gasteiger partial charge is 0.290 e. The van der Waals surface area contributed by atoms with Crippen LogP contribution in [-0.2, 0) is 0 Å². The highest BCUT2D eigenvalue weighted by Crippen LogP contribution is 2.27. The van der Waals surface area contributed by atoms with E-state index < -0.39 is 0 Å². The van der Waals surface area contributed by atoms with E-state index in [0.29, 0.717) is 16.8 Å². The molecule has 0 saturated heterocycles. The number of hydrogen-bond donors (Lipinski definition) is 0. The van der Waals surface area contributed by atoms with E-state index in [9.17, 15) is 9.18 Å². The quantitative estimate of drug-likeness (QED) is 0.463. The Morgan fingerprint density at radius 1 is 0.931 bits per heavy atom. The Bertz CT molecular complexity index is 1260. The first-order valence-corrected chi connectivity index (χ1v) is 9.45. The Morgan fingerprint density at radius 2 is 1.59 bits per heavy atom. The zero-order chi connectivity index (χ0) is 20.4. The summed E-state index contributed by atoms with van der Waals surface area (Å²) in [5.74, 6) is -0.363. The van der Waals surface area contributed by atoms with Gasteiger partial charge in [-0.2, -0.15) is 9.78 Å². The van der Waals surface area contributed by atoms with Gasteiger partial charge >= 0.3 is 0 Å². The molecule has 0 N–H and O–H groups in total. The SMILES string of the molecule is CC(C)/N=C\c1ccccc1-c1nn(-c2ccc(F)cc2)c(=O)c2ccccc12. The molecule has 0 fully saturated rings. The fourth-order valence-electron chi connectivity index (χ4n) is 3.20. The molecular weight excluding hydrogens is 365 g/mol. The molecule has 0 aliphatic carbocycles. The third-order valence-corrected chi connectivity index (χ3v) is 4.60. The van der Waals surface area contributed by atoms with Gasteiger partial charge in [0, 0.05) is 28.8 Å². The van der Waals surface area contributed by atoms with Gasteiger partial charge in [-0.3, -0.25) is 9.79 Å². The zero-order valence-corrected chi connectivity index (χ0v) is 16.2. The fourth-order valence-corrected chi connectivity index (χ4v) is 3.20. The van der Waals surface area contributed by atoms with Crippen molar-refractivity contribution < 1.29 is 4.39 Å². The summed E-state index contributed by atoms with van der Waals surface area (Å²) in [6, 6.07) is 21.1. The number of fused-ring (bicyclic) bond motifs is 1. The second kappa shape index (κ2) is 7.80. The number of aromatic nitrogens is 2. The van der Waals surface area contributed by atoms with Gasteiger partial charge in [0.15, 0.2) is 0 Å². The third kappa shape index (κ3) is 3.72. The molecule has 0 radical (unpaired) electrons. The maximum atomic E-state index is 13.4. The summed E-state index contributed by atoms with van der Waals surface area (Å²) in [6.45, 7) is 4.03. The Balaban J connectivity index is 2.02. The first kappa shape index (κ1) is 18.7. The maximum absolute atomic E-state index is 13.4. The lowest BCUT2D eigenvalue weighted by molar-refractivity contribution is 0.626. The highest BCUT2D eigenvalue weighted by Gasteiger charge is 2.15. The molecule has 29 heavy (non-hydrogen) atoms. The fraction of sp³-hybridized carbons (Fsp3) is 0.125. The van der Waals surface area contributed by atoms with E-state index in [-0.39, 0.29) is 17.4 Å². The molecule has 1 aromatic heterocycles. The van der Waals surface area contributed by atoms with Crippen molar-refractivity contribution in [3.05, 3.63) is 94.5 Å². The molecule has 5 heteroatoms. The monoisotopic (exact) mass is 385 g/mol. The van der Waals surface area contributed by atoms with Crippen molar-refractivity contribution in [3.8, 4) is 16.9 Å². The molecule has 0 amide bonds. The van der Waals surface area contributed by atoms with Crippen molar-refractivity contribution in [2.45, 2.75) is 19.9 Å². The lowest BCUT2D eigenvalue weighted by Crippen LogP contribution is -2.22. The van der Waals surface area contributed by atoms with Gasteiger partial charge < -0.3 is 0 Å². The van der Waals surface area contributed by atoms with E-state index in [1.54, 1.807) is 18.2 Å². The van der Waals surface area contributed by atoms with E-state index in [2.05, 4.69) is 10.1 Å². The van der Waals surface area contributed by atoms with Crippen LogP contribution >= 0.6 is 0 Å². The van der Waals surface area contributed by atoms with Gasteiger partial charge in [0.05, 0.1) is 11.1 Å². The second-order valence-corrected chi connectivity index (χ2v) is 7.05. The van der Waals surface area contributed by atoms with Crippen LogP contribution in [0.2, 0.25) is 0 Å². The molecule has 4 rings (SSSR count). The number of aliphatic imine (C=N–C) groups is 1. The van der Waals surface area contributed by atoms with Gasteiger partial charge in [-0.25, -0.2) is 4.39 Å². The maximum Gasteiger partial charge on any atom is 0.279 e. The summed E-state index contributed by atoms with van der Waals surface area (Å²) < 4.78 is 14.7. The Labute approximate surface area is 168 Å². The van der Waals surface area contributed by atoms with Crippen LogP contribution in [0.1, 0.15) is 19.4 Å². The Morgan fingerprint density at radius 3 is 2.31 bits per heavy atom. The molecule has 0 aliphatic rings. The predicted octanol–water partition coefficient (Wildman–Crippen LogP) is 5.02. The van der Waals surface area contributed by atoms with E-state index in [0.717, 1.165) is 16.5 Å². The average molecular weight is 385 g/mol. The highest BCUT2D eigenvalue weighted by molar-refractivity contribution is 5.99.